The van der Waals surface area contributed by atoms with Crippen LogP contribution >= 0.6 is 0 Å². The zero-order valence-electron chi connectivity index (χ0n) is 20.2. The molecule has 2 amide bonds. The van der Waals surface area contributed by atoms with Gasteiger partial charge in [0.1, 0.15) is 17.0 Å². The van der Waals surface area contributed by atoms with Crippen LogP contribution in [0.2, 0.25) is 0 Å². The molecule has 5 rings (SSSR count). The van der Waals surface area contributed by atoms with E-state index >= 15 is 0 Å². The Morgan fingerprint density at radius 1 is 1.06 bits per heavy atom. The lowest BCUT2D eigenvalue weighted by Gasteiger charge is -2.45. The highest BCUT2D eigenvalue weighted by Crippen LogP contribution is 2.35. The molecular formula is C28H33N3O3. The van der Waals surface area contributed by atoms with E-state index < -0.39 is 5.54 Å². The van der Waals surface area contributed by atoms with Gasteiger partial charge in [0.2, 0.25) is 5.91 Å². The third-order valence-electron chi connectivity index (χ3n) is 7.58. The largest absolute Gasteiger partial charge is 0.463 e. The van der Waals surface area contributed by atoms with Gasteiger partial charge in [-0.25, -0.2) is 0 Å². The Labute approximate surface area is 200 Å². The number of rotatable bonds is 5. The second kappa shape index (κ2) is 8.82. The molecule has 3 heterocycles. The van der Waals surface area contributed by atoms with Crippen LogP contribution in [0.5, 0.6) is 0 Å². The minimum atomic E-state index is -1.03. The minimum Gasteiger partial charge on any atom is -0.463 e. The fourth-order valence-electron chi connectivity index (χ4n) is 5.28. The van der Waals surface area contributed by atoms with Crippen LogP contribution in [-0.2, 0) is 17.9 Å². The van der Waals surface area contributed by atoms with Crippen LogP contribution in [0, 0.1) is 12.8 Å². The summed E-state index contributed by atoms with van der Waals surface area (Å²) in [5.74, 6) is 1.17. The molecule has 2 aliphatic rings. The number of nitrogens with one attached hydrogen (secondary N) is 1. The first kappa shape index (κ1) is 22.5. The molecule has 6 nitrogen and oxygen atoms in total. The van der Waals surface area contributed by atoms with Crippen molar-refractivity contribution >= 4 is 11.8 Å². The molecule has 1 unspecified atom stereocenters. The maximum absolute atomic E-state index is 13.9. The van der Waals surface area contributed by atoms with E-state index in [2.05, 4.69) is 12.2 Å². The van der Waals surface area contributed by atoms with E-state index in [4.69, 9.17) is 4.42 Å². The lowest BCUT2D eigenvalue weighted by molar-refractivity contribution is -0.134. The maximum Gasteiger partial charge on any atom is 0.271 e. The van der Waals surface area contributed by atoms with Crippen LogP contribution in [0.25, 0.3) is 11.5 Å². The summed E-state index contributed by atoms with van der Waals surface area (Å²) in [6.45, 7) is 6.96. The van der Waals surface area contributed by atoms with Gasteiger partial charge in [0.25, 0.3) is 5.91 Å². The van der Waals surface area contributed by atoms with Crippen molar-refractivity contribution in [1.29, 1.82) is 0 Å². The summed E-state index contributed by atoms with van der Waals surface area (Å²) in [5, 5.41) is 3.30. The zero-order chi connectivity index (χ0) is 23.9. The van der Waals surface area contributed by atoms with E-state index in [1.165, 1.54) is 0 Å². The standard InChI is InChI=1S/C28H33N3O3/c1-19-6-10-21(11-7-19)17-31-26(32)24-15-14-23(25-5-4-16-34-25)30(24)18-28(31,3)27(33)29-22-12-8-20(2)9-13-22/h4-7,10-11,14-16,20,22H,8-9,12-13,17-18H2,1-3H3,(H,29,33). The lowest BCUT2D eigenvalue weighted by atomic mass is 9.86. The predicted octanol–water partition coefficient (Wildman–Crippen LogP) is 5.17. The summed E-state index contributed by atoms with van der Waals surface area (Å²) in [4.78, 5) is 29.4. The number of furan rings is 1. The zero-order valence-corrected chi connectivity index (χ0v) is 20.2. The summed E-state index contributed by atoms with van der Waals surface area (Å²) < 4.78 is 7.57. The number of hydrogen-bond acceptors (Lipinski definition) is 3. The fraction of sp³-hybridized carbons (Fsp3) is 0.429. The Hall–Kier alpha value is -3.28. The molecule has 2 aromatic heterocycles. The Kier molecular flexibility index (Phi) is 5.84. The lowest BCUT2D eigenvalue weighted by Crippen LogP contribution is -2.64. The first-order valence-corrected chi connectivity index (χ1v) is 12.3. The van der Waals surface area contributed by atoms with Gasteiger partial charge in [-0.15, -0.1) is 0 Å². The quantitative estimate of drug-likeness (QED) is 0.573. The van der Waals surface area contributed by atoms with Crippen LogP contribution in [0.4, 0.5) is 0 Å². The van der Waals surface area contributed by atoms with Gasteiger partial charge in [0, 0.05) is 12.6 Å². The average Bonchev–Trinajstić information content (AvgIpc) is 3.49. The van der Waals surface area contributed by atoms with Gasteiger partial charge in [-0.05, 0) is 75.3 Å². The highest BCUT2D eigenvalue weighted by atomic mass is 16.3. The highest BCUT2D eigenvalue weighted by molar-refractivity contribution is 6.00. The second-order valence-corrected chi connectivity index (χ2v) is 10.2. The fourth-order valence-corrected chi connectivity index (χ4v) is 5.28. The molecule has 1 aliphatic heterocycles. The number of fused-ring (bicyclic) bond motifs is 1. The number of nitrogens with zero attached hydrogens (tertiary/aromatic N) is 2. The monoisotopic (exact) mass is 459 g/mol. The van der Waals surface area contributed by atoms with Gasteiger partial charge in [-0.3, -0.25) is 9.59 Å². The molecule has 0 radical (unpaired) electrons. The van der Waals surface area contributed by atoms with Gasteiger partial charge in [0.05, 0.1) is 18.5 Å². The van der Waals surface area contributed by atoms with E-state index in [0.717, 1.165) is 42.5 Å². The van der Waals surface area contributed by atoms with Crippen LogP contribution in [0.3, 0.4) is 0 Å². The molecule has 3 aromatic rings. The molecule has 34 heavy (non-hydrogen) atoms. The van der Waals surface area contributed by atoms with E-state index in [1.807, 2.05) is 66.9 Å². The van der Waals surface area contributed by atoms with Gasteiger partial charge >= 0.3 is 0 Å². The van der Waals surface area contributed by atoms with Crippen LogP contribution < -0.4 is 5.32 Å². The van der Waals surface area contributed by atoms with Crippen LogP contribution in [-0.4, -0.2) is 32.9 Å². The molecule has 1 aromatic carbocycles. The number of carbonyl (C=O) groups excluding carboxylic acids is 2. The van der Waals surface area contributed by atoms with E-state index in [-0.39, 0.29) is 17.9 Å². The van der Waals surface area contributed by atoms with Crippen molar-refractivity contribution in [1.82, 2.24) is 14.8 Å². The van der Waals surface area contributed by atoms with Gasteiger partial charge in [-0.1, -0.05) is 36.8 Å². The minimum absolute atomic E-state index is 0.0859. The predicted molar refractivity (Wildman–Crippen MR) is 131 cm³/mol. The van der Waals surface area contributed by atoms with Crippen molar-refractivity contribution in [2.75, 3.05) is 0 Å². The highest BCUT2D eigenvalue weighted by Gasteiger charge is 2.48. The smallest absolute Gasteiger partial charge is 0.271 e. The molecule has 1 aliphatic carbocycles. The number of aromatic nitrogens is 1. The maximum atomic E-state index is 13.9. The molecular weight excluding hydrogens is 426 g/mol. The molecule has 6 heteroatoms. The molecule has 1 N–H and O–H groups in total. The summed E-state index contributed by atoms with van der Waals surface area (Å²) in [6.07, 6.45) is 5.85. The molecule has 1 atom stereocenters. The number of carbonyl (C=O) groups is 2. The SMILES string of the molecule is Cc1ccc(CN2C(=O)c3ccc(-c4ccco4)n3CC2(C)C(=O)NC2CCC(C)CC2)cc1. The Bertz CT molecular complexity index is 1170. The summed E-state index contributed by atoms with van der Waals surface area (Å²) >= 11 is 0. The number of amides is 2. The number of benzene rings is 1. The van der Waals surface area contributed by atoms with Crippen molar-refractivity contribution < 1.29 is 14.0 Å². The van der Waals surface area contributed by atoms with Crippen molar-refractivity contribution in [3.63, 3.8) is 0 Å². The van der Waals surface area contributed by atoms with Crippen LogP contribution in [0.15, 0.2) is 59.2 Å². The van der Waals surface area contributed by atoms with Gasteiger partial charge in [0.15, 0.2) is 0 Å². The van der Waals surface area contributed by atoms with Gasteiger partial charge < -0.3 is 19.2 Å². The summed E-state index contributed by atoms with van der Waals surface area (Å²) in [6, 6.07) is 15.8. The summed E-state index contributed by atoms with van der Waals surface area (Å²) in [7, 11) is 0. The van der Waals surface area contributed by atoms with Crippen molar-refractivity contribution in [2.24, 2.45) is 5.92 Å². The van der Waals surface area contributed by atoms with E-state index in [1.54, 1.807) is 11.2 Å². The molecule has 178 valence electrons. The number of aryl methyl sites for hydroxylation is 1. The Balaban J connectivity index is 1.50. The second-order valence-electron chi connectivity index (χ2n) is 10.2. The molecule has 1 fully saturated rings. The third-order valence-corrected chi connectivity index (χ3v) is 7.58. The van der Waals surface area contributed by atoms with Crippen molar-refractivity contribution in [2.45, 2.75) is 71.1 Å². The topological polar surface area (TPSA) is 67.5 Å². The van der Waals surface area contributed by atoms with Crippen LogP contribution in [0.1, 0.15) is 61.1 Å². The number of hydrogen-bond donors (Lipinski definition) is 1. The van der Waals surface area contributed by atoms with Gasteiger partial charge in [-0.2, -0.15) is 0 Å². The summed E-state index contributed by atoms with van der Waals surface area (Å²) in [5.41, 5.74) is 2.54. The van der Waals surface area contributed by atoms with Crippen molar-refractivity contribution in [3.05, 3.63) is 71.6 Å². The Morgan fingerprint density at radius 3 is 2.44 bits per heavy atom. The molecule has 0 saturated heterocycles. The molecule has 0 spiro atoms. The Morgan fingerprint density at radius 2 is 1.76 bits per heavy atom. The van der Waals surface area contributed by atoms with Crippen molar-refractivity contribution in [3.8, 4) is 11.5 Å². The average molecular weight is 460 g/mol. The third kappa shape index (κ3) is 4.06. The first-order valence-electron chi connectivity index (χ1n) is 12.3. The molecule has 1 saturated carbocycles. The first-order chi connectivity index (χ1) is 16.3. The van der Waals surface area contributed by atoms with E-state index in [0.29, 0.717) is 30.5 Å². The molecule has 0 bridgehead atoms. The van der Waals surface area contributed by atoms with E-state index in [9.17, 15) is 9.59 Å². The normalized spacial score (nSPS) is 24.7.